The Labute approximate surface area is 102 Å². The van der Waals surface area contributed by atoms with Crippen molar-refractivity contribution in [2.24, 2.45) is 11.3 Å². The maximum absolute atomic E-state index is 3.70. The minimum Gasteiger partial charge on any atom is -0.316 e. The van der Waals surface area contributed by atoms with Crippen molar-refractivity contribution in [1.29, 1.82) is 0 Å². The number of hydrogen-bond donors (Lipinski definition) is 1. The molecule has 1 atom stereocenters. The Hall–Kier alpha value is -0.0800. The van der Waals surface area contributed by atoms with Gasteiger partial charge in [-0.3, -0.25) is 0 Å². The molecule has 0 heterocycles. The second-order valence-corrected chi connectivity index (χ2v) is 6.09. The lowest BCUT2D eigenvalue weighted by atomic mass is 9.85. The molecule has 1 fully saturated rings. The third-order valence-corrected chi connectivity index (χ3v) is 4.01. The van der Waals surface area contributed by atoms with E-state index in [9.17, 15) is 0 Å². The zero-order chi connectivity index (χ0) is 12.0. The Morgan fingerprint density at radius 1 is 1.25 bits per heavy atom. The smallest absolute Gasteiger partial charge is 0.00440 e. The van der Waals surface area contributed by atoms with Gasteiger partial charge in [0.25, 0.3) is 0 Å². The summed E-state index contributed by atoms with van der Waals surface area (Å²) in [6.45, 7) is 8.26. The highest BCUT2D eigenvalue weighted by Gasteiger charge is 2.33. The molecule has 0 saturated heterocycles. The van der Waals surface area contributed by atoms with Crippen LogP contribution in [0.2, 0.25) is 0 Å². The van der Waals surface area contributed by atoms with Gasteiger partial charge < -0.3 is 10.2 Å². The van der Waals surface area contributed by atoms with Crippen molar-refractivity contribution in [3.05, 3.63) is 0 Å². The fraction of sp³-hybridized carbons (Fsp3) is 1.00. The molecule has 0 aromatic rings. The summed E-state index contributed by atoms with van der Waals surface area (Å²) in [6, 6.07) is 0. The second-order valence-electron chi connectivity index (χ2n) is 6.09. The van der Waals surface area contributed by atoms with Crippen LogP contribution in [0.3, 0.4) is 0 Å². The minimum absolute atomic E-state index is 0.566. The van der Waals surface area contributed by atoms with Gasteiger partial charge in [-0.2, -0.15) is 0 Å². The zero-order valence-corrected chi connectivity index (χ0v) is 11.7. The highest BCUT2D eigenvalue weighted by Crippen LogP contribution is 2.37. The number of rotatable bonds is 7. The van der Waals surface area contributed by atoms with Crippen LogP contribution in [-0.2, 0) is 0 Å². The lowest BCUT2D eigenvalue weighted by Gasteiger charge is -2.32. The van der Waals surface area contributed by atoms with E-state index in [1.54, 1.807) is 0 Å². The maximum Gasteiger partial charge on any atom is 0.00440 e. The zero-order valence-electron chi connectivity index (χ0n) is 11.7. The first-order chi connectivity index (χ1) is 7.58. The maximum atomic E-state index is 3.70. The first kappa shape index (κ1) is 14.0. The third-order valence-electron chi connectivity index (χ3n) is 4.01. The van der Waals surface area contributed by atoms with Crippen molar-refractivity contribution in [3.8, 4) is 0 Å². The lowest BCUT2D eigenvalue weighted by molar-refractivity contribution is 0.192. The lowest BCUT2D eigenvalue weighted by Crippen LogP contribution is -2.41. The molecule has 2 heteroatoms. The molecule has 1 rings (SSSR count). The summed E-state index contributed by atoms with van der Waals surface area (Å²) >= 11 is 0. The molecule has 0 aromatic heterocycles. The molecule has 2 nitrogen and oxygen atoms in total. The van der Waals surface area contributed by atoms with Crippen molar-refractivity contribution in [1.82, 2.24) is 10.2 Å². The Bertz CT molecular complexity index is 183. The summed E-state index contributed by atoms with van der Waals surface area (Å²) < 4.78 is 0. The van der Waals surface area contributed by atoms with E-state index in [0.29, 0.717) is 5.41 Å². The quantitative estimate of drug-likeness (QED) is 0.718. The van der Waals surface area contributed by atoms with E-state index >= 15 is 0 Å². The van der Waals surface area contributed by atoms with Crippen LogP contribution in [0.15, 0.2) is 0 Å². The van der Waals surface area contributed by atoms with Crippen LogP contribution in [0.1, 0.15) is 46.0 Å². The van der Waals surface area contributed by atoms with Gasteiger partial charge in [0.2, 0.25) is 0 Å². The van der Waals surface area contributed by atoms with Crippen molar-refractivity contribution in [2.45, 2.75) is 46.0 Å². The highest BCUT2D eigenvalue weighted by molar-refractivity contribution is 4.88. The summed E-state index contributed by atoms with van der Waals surface area (Å²) in [7, 11) is 4.41. The molecular weight excluding hydrogens is 196 g/mol. The average molecular weight is 226 g/mol. The molecule has 1 aliphatic carbocycles. The Morgan fingerprint density at radius 2 is 1.88 bits per heavy atom. The van der Waals surface area contributed by atoms with Gasteiger partial charge in [-0.25, -0.2) is 0 Å². The summed E-state index contributed by atoms with van der Waals surface area (Å²) in [4.78, 5) is 2.36. The predicted octanol–water partition coefficient (Wildman–Crippen LogP) is 2.74. The molecule has 0 amide bonds. The van der Waals surface area contributed by atoms with Crippen LogP contribution in [0.25, 0.3) is 0 Å². The Balaban J connectivity index is 2.33. The molecule has 0 bridgehead atoms. The van der Waals surface area contributed by atoms with Crippen LogP contribution in [0, 0.1) is 11.3 Å². The first-order valence-electron chi connectivity index (χ1n) is 6.93. The van der Waals surface area contributed by atoms with Crippen LogP contribution in [-0.4, -0.2) is 38.6 Å². The van der Waals surface area contributed by atoms with Gasteiger partial charge in [-0.05, 0) is 44.8 Å². The molecular formula is C14H30N2. The van der Waals surface area contributed by atoms with Gasteiger partial charge in [-0.15, -0.1) is 0 Å². The van der Waals surface area contributed by atoms with Crippen molar-refractivity contribution >= 4 is 0 Å². The van der Waals surface area contributed by atoms with E-state index in [-0.39, 0.29) is 0 Å². The Morgan fingerprint density at radius 3 is 2.38 bits per heavy atom. The normalized spacial score (nSPS) is 21.6. The second kappa shape index (κ2) is 6.61. The number of hydrogen-bond acceptors (Lipinski definition) is 2. The summed E-state index contributed by atoms with van der Waals surface area (Å²) in [6.07, 6.45) is 6.97. The molecule has 16 heavy (non-hydrogen) atoms. The molecule has 1 unspecified atom stereocenters. The van der Waals surface area contributed by atoms with Crippen molar-refractivity contribution in [2.75, 3.05) is 33.7 Å². The highest BCUT2D eigenvalue weighted by atomic mass is 15.1. The first-order valence-corrected chi connectivity index (χ1v) is 6.93. The van der Waals surface area contributed by atoms with Crippen molar-refractivity contribution in [3.63, 3.8) is 0 Å². The standard InChI is InChI=1S/C14H30N2/c1-5-13(2)10-15-11-14(12-16(3)4)8-6-7-9-14/h13,15H,5-12H2,1-4H3. The Kier molecular flexibility index (Phi) is 5.77. The predicted molar refractivity (Wildman–Crippen MR) is 71.8 cm³/mol. The summed E-state index contributed by atoms with van der Waals surface area (Å²) in [5, 5.41) is 3.70. The molecule has 0 radical (unpaired) electrons. The van der Waals surface area contributed by atoms with E-state index in [4.69, 9.17) is 0 Å². The number of nitrogens with one attached hydrogen (secondary N) is 1. The summed E-state index contributed by atoms with van der Waals surface area (Å²) in [5.74, 6) is 0.817. The molecule has 1 N–H and O–H groups in total. The molecule has 0 aromatic carbocycles. The van der Waals surface area contributed by atoms with Crippen LogP contribution in [0.5, 0.6) is 0 Å². The van der Waals surface area contributed by atoms with E-state index in [0.717, 1.165) is 5.92 Å². The van der Waals surface area contributed by atoms with Gasteiger partial charge in [-0.1, -0.05) is 33.1 Å². The molecule has 1 saturated carbocycles. The fourth-order valence-electron chi connectivity index (χ4n) is 2.91. The van der Waals surface area contributed by atoms with Gasteiger partial charge >= 0.3 is 0 Å². The van der Waals surface area contributed by atoms with E-state index in [1.165, 1.54) is 51.7 Å². The largest absolute Gasteiger partial charge is 0.316 e. The minimum atomic E-state index is 0.566. The van der Waals surface area contributed by atoms with Crippen LogP contribution >= 0.6 is 0 Å². The molecule has 0 spiro atoms. The van der Waals surface area contributed by atoms with Gasteiger partial charge in [0.15, 0.2) is 0 Å². The van der Waals surface area contributed by atoms with E-state index < -0.39 is 0 Å². The van der Waals surface area contributed by atoms with Gasteiger partial charge in [0, 0.05) is 13.1 Å². The summed E-state index contributed by atoms with van der Waals surface area (Å²) in [5.41, 5.74) is 0.566. The van der Waals surface area contributed by atoms with E-state index in [1.807, 2.05) is 0 Å². The molecule has 1 aliphatic rings. The monoisotopic (exact) mass is 226 g/mol. The molecule has 96 valence electrons. The van der Waals surface area contributed by atoms with Crippen LogP contribution in [0.4, 0.5) is 0 Å². The van der Waals surface area contributed by atoms with Crippen LogP contribution < -0.4 is 5.32 Å². The van der Waals surface area contributed by atoms with Gasteiger partial charge in [0.1, 0.15) is 0 Å². The average Bonchev–Trinajstić information content (AvgIpc) is 2.65. The van der Waals surface area contributed by atoms with E-state index in [2.05, 4.69) is 38.2 Å². The van der Waals surface area contributed by atoms with Gasteiger partial charge in [0.05, 0.1) is 0 Å². The third kappa shape index (κ3) is 4.42. The molecule has 0 aliphatic heterocycles. The topological polar surface area (TPSA) is 15.3 Å². The number of nitrogens with zero attached hydrogens (tertiary/aromatic N) is 1. The SMILES string of the molecule is CCC(C)CNCC1(CN(C)C)CCCC1. The van der Waals surface area contributed by atoms with Crippen molar-refractivity contribution < 1.29 is 0 Å². The fourth-order valence-corrected chi connectivity index (χ4v) is 2.91.